The maximum atomic E-state index is 12.2. The van der Waals surface area contributed by atoms with Gasteiger partial charge in [-0.2, -0.15) is 0 Å². The number of carbonyl (C=O) groups excluding carboxylic acids is 1. The molecule has 3 N–H and O–H groups in total. The van der Waals surface area contributed by atoms with Crippen molar-refractivity contribution in [1.82, 2.24) is 5.32 Å². The van der Waals surface area contributed by atoms with Crippen LogP contribution in [-0.2, 0) is 11.2 Å². The first-order valence-electron chi connectivity index (χ1n) is 7.00. The Morgan fingerprint density at radius 1 is 1.36 bits per heavy atom. The fraction of sp³-hybridized carbons (Fsp3) is 0.357. The van der Waals surface area contributed by atoms with Gasteiger partial charge in [-0.25, -0.2) is 0 Å². The van der Waals surface area contributed by atoms with E-state index in [-0.39, 0.29) is 10.5 Å². The Morgan fingerprint density at radius 2 is 2.09 bits per heavy atom. The van der Waals surface area contributed by atoms with Gasteiger partial charge in [-0.15, -0.1) is 23.5 Å². The maximum Gasteiger partial charge on any atom is 0.475 e. The van der Waals surface area contributed by atoms with Crippen molar-refractivity contribution < 1.29 is 19.3 Å². The summed E-state index contributed by atoms with van der Waals surface area (Å²) in [7, 11) is -1.62. The molecule has 1 aromatic carbocycles. The average Bonchev–Trinajstić information content (AvgIpc) is 3.16. The molecule has 2 aromatic rings. The summed E-state index contributed by atoms with van der Waals surface area (Å²) in [6.45, 7) is 0. The van der Waals surface area contributed by atoms with Gasteiger partial charge in [0.15, 0.2) is 0 Å². The molecule has 2 heterocycles. The van der Waals surface area contributed by atoms with Crippen molar-refractivity contribution in [1.29, 1.82) is 0 Å². The summed E-state index contributed by atoms with van der Waals surface area (Å²) in [5.41, 5.74) is 1.60. The first kappa shape index (κ1) is 15.8. The van der Waals surface area contributed by atoms with Crippen LogP contribution in [0.25, 0.3) is 11.0 Å². The van der Waals surface area contributed by atoms with Gasteiger partial charge in [-0.05, 0) is 18.1 Å². The van der Waals surface area contributed by atoms with E-state index in [0.29, 0.717) is 6.42 Å². The zero-order chi connectivity index (χ0) is 15.5. The van der Waals surface area contributed by atoms with E-state index in [9.17, 15) is 14.8 Å². The van der Waals surface area contributed by atoms with E-state index in [0.717, 1.165) is 28.0 Å². The molecule has 1 saturated heterocycles. The molecule has 1 atom stereocenters. The van der Waals surface area contributed by atoms with Crippen LogP contribution >= 0.6 is 23.5 Å². The van der Waals surface area contributed by atoms with E-state index in [1.165, 1.54) is 0 Å². The van der Waals surface area contributed by atoms with E-state index in [4.69, 9.17) is 4.42 Å². The molecule has 116 valence electrons. The molecule has 1 aromatic heterocycles. The molecule has 1 amide bonds. The number of benzene rings is 1. The predicted molar refractivity (Wildman–Crippen MR) is 90.7 cm³/mol. The number of furan rings is 1. The number of hydrogen-bond donors (Lipinski definition) is 3. The topological polar surface area (TPSA) is 82.7 Å². The lowest BCUT2D eigenvalue weighted by atomic mass is 9.76. The number of para-hydroxylation sites is 1. The van der Waals surface area contributed by atoms with Crippen LogP contribution in [0.3, 0.4) is 0 Å². The van der Waals surface area contributed by atoms with Crippen LogP contribution in [0.2, 0.25) is 0 Å². The quantitative estimate of drug-likeness (QED) is 0.713. The Kier molecular flexibility index (Phi) is 5.02. The van der Waals surface area contributed by atoms with E-state index in [2.05, 4.69) is 5.32 Å². The Balaban J connectivity index is 1.72. The van der Waals surface area contributed by atoms with Gasteiger partial charge in [0.1, 0.15) is 10.2 Å². The van der Waals surface area contributed by atoms with Crippen molar-refractivity contribution in [2.45, 2.75) is 16.9 Å². The normalized spacial score (nSPS) is 16.8. The van der Waals surface area contributed by atoms with Crippen LogP contribution in [0.1, 0.15) is 5.56 Å². The van der Waals surface area contributed by atoms with E-state index < -0.39 is 13.1 Å². The fourth-order valence-electron chi connectivity index (χ4n) is 2.42. The van der Waals surface area contributed by atoms with Gasteiger partial charge < -0.3 is 19.8 Å². The van der Waals surface area contributed by atoms with E-state index in [1.807, 2.05) is 24.3 Å². The van der Waals surface area contributed by atoms with Crippen LogP contribution in [0.5, 0.6) is 0 Å². The van der Waals surface area contributed by atoms with E-state index in [1.54, 1.807) is 29.8 Å². The molecule has 0 bridgehead atoms. The lowest BCUT2D eigenvalue weighted by Crippen LogP contribution is -2.49. The molecule has 1 aliphatic rings. The van der Waals surface area contributed by atoms with Crippen molar-refractivity contribution >= 4 is 47.5 Å². The molecule has 0 radical (unpaired) electrons. The molecular weight excluding hydrogens is 321 g/mol. The Bertz CT molecular complexity index is 657. The minimum absolute atomic E-state index is 0.154. The number of thioether (sulfide) groups is 2. The largest absolute Gasteiger partial charge is 0.475 e. The lowest BCUT2D eigenvalue weighted by molar-refractivity contribution is -0.119. The molecule has 1 aliphatic heterocycles. The Hall–Kier alpha value is -1.09. The van der Waals surface area contributed by atoms with Gasteiger partial charge in [-0.1, -0.05) is 18.2 Å². The zero-order valence-electron chi connectivity index (χ0n) is 11.8. The summed E-state index contributed by atoms with van der Waals surface area (Å²) in [6, 6.07) is 7.55. The number of fused-ring (bicyclic) bond motifs is 1. The van der Waals surface area contributed by atoms with Gasteiger partial charge >= 0.3 is 7.12 Å². The molecule has 0 aliphatic carbocycles. The second kappa shape index (κ2) is 7.00. The molecule has 22 heavy (non-hydrogen) atoms. The summed E-state index contributed by atoms with van der Waals surface area (Å²) < 4.78 is 5.29. The highest BCUT2D eigenvalue weighted by molar-refractivity contribution is 8.21. The molecular formula is C14H16BNO4S2. The highest BCUT2D eigenvalue weighted by Crippen LogP contribution is 2.32. The van der Waals surface area contributed by atoms with Gasteiger partial charge in [0.25, 0.3) is 0 Å². The van der Waals surface area contributed by atoms with Crippen LogP contribution in [0.4, 0.5) is 0 Å². The minimum Gasteiger partial charge on any atom is -0.464 e. The van der Waals surface area contributed by atoms with Gasteiger partial charge in [0.05, 0.1) is 12.2 Å². The van der Waals surface area contributed by atoms with Gasteiger partial charge in [0.2, 0.25) is 5.91 Å². The number of nitrogens with one attached hydrogen (secondary N) is 1. The third-order valence-electron chi connectivity index (χ3n) is 3.52. The molecule has 0 spiro atoms. The lowest BCUT2D eigenvalue weighted by Gasteiger charge is -2.19. The average molecular weight is 337 g/mol. The van der Waals surface area contributed by atoms with Crippen LogP contribution in [0.15, 0.2) is 34.9 Å². The summed E-state index contributed by atoms with van der Waals surface area (Å²) in [5.74, 6) is 0.983. The zero-order valence-corrected chi connectivity index (χ0v) is 13.4. The smallest absolute Gasteiger partial charge is 0.464 e. The number of amides is 1. The molecule has 1 fully saturated rings. The molecule has 0 unspecified atom stereocenters. The molecule has 5 nitrogen and oxygen atoms in total. The number of rotatable bonds is 5. The first-order chi connectivity index (χ1) is 10.6. The van der Waals surface area contributed by atoms with E-state index >= 15 is 0 Å². The molecule has 3 rings (SSSR count). The van der Waals surface area contributed by atoms with Crippen LogP contribution in [-0.4, -0.2) is 45.1 Å². The number of hydrogen-bond acceptors (Lipinski definition) is 6. The summed E-state index contributed by atoms with van der Waals surface area (Å²) in [5, 5.41) is 22.8. The van der Waals surface area contributed by atoms with Crippen LogP contribution < -0.4 is 5.32 Å². The van der Waals surface area contributed by atoms with Crippen molar-refractivity contribution in [2.24, 2.45) is 0 Å². The second-order valence-electron chi connectivity index (χ2n) is 5.06. The van der Waals surface area contributed by atoms with Crippen molar-refractivity contribution in [3.63, 3.8) is 0 Å². The standard InChI is InChI=1S/C14H16BNO4S2/c17-13(14-21-5-6-22-14)16-12(15(18)19)7-9-8-20-11-4-2-1-3-10(9)11/h1-4,8,12,14,18-19H,5-7H2,(H,16,17)/t12-/m0/s1. The third kappa shape index (κ3) is 3.46. The molecule has 0 saturated carbocycles. The predicted octanol–water partition coefficient (Wildman–Crippen LogP) is 1.28. The minimum atomic E-state index is -1.62. The molecule has 8 heteroatoms. The van der Waals surface area contributed by atoms with Gasteiger partial charge in [-0.3, -0.25) is 4.79 Å². The first-order valence-corrected chi connectivity index (χ1v) is 9.10. The summed E-state index contributed by atoms with van der Waals surface area (Å²) >= 11 is 3.17. The van der Waals surface area contributed by atoms with Crippen molar-refractivity contribution in [3.8, 4) is 0 Å². The van der Waals surface area contributed by atoms with Crippen LogP contribution in [0, 0.1) is 0 Å². The Morgan fingerprint density at radius 3 is 2.82 bits per heavy atom. The summed E-state index contributed by atoms with van der Waals surface area (Å²) in [4.78, 5) is 12.2. The summed E-state index contributed by atoms with van der Waals surface area (Å²) in [6.07, 6.45) is 1.91. The number of carbonyl (C=O) groups is 1. The highest BCUT2D eigenvalue weighted by atomic mass is 32.2. The maximum absolute atomic E-state index is 12.2. The van der Waals surface area contributed by atoms with Crippen molar-refractivity contribution in [3.05, 3.63) is 36.1 Å². The highest BCUT2D eigenvalue weighted by Gasteiger charge is 2.31. The SMILES string of the molecule is O=C(N[C@@H](Cc1coc2ccccc12)B(O)O)C1SCCS1. The fourth-order valence-corrected chi connectivity index (χ4v) is 5.02. The second-order valence-corrected chi connectivity index (χ2v) is 7.79. The Labute approximate surface area is 137 Å². The van der Waals surface area contributed by atoms with Gasteiger partial charge in [0, 0.05) is 16.9 Å². The monoisotopic (exact) mass is 337 g/mol. The third-order valence-corrected chi connectivity index (χ3v) is 6.51. The van der Waals surface area contributed by atoms with Crippen molar-refractivity contribution in [2.75, 3.05) is 11.5 Å².